The molecule has 0 bridgehead atoms. The molecule has 10 heavy (non-hydrogen) atoms. The lowest BCUT2D eigenvalue weighted by molar-refractivity contribution is -0.113. The van der Waals surface area contributed by atoms with Crippen molar-refractivity contribution >= 4 is 5.78 Å². The van der Waals surface area contributed by atoms with E-state index in [9.17, 15) is 4.79 Å². The molecule has 0 saturated carbocycles. The number of ketones is 1. The van der Waals surface area contributed by atoms with Crippen molar-refractivity contribution < 1.29 is 4.79 Å². The van der Waals surface area contributed by atoms with E-state index in [1.807, 2.05) is 25.2 Å². The van der Waals surface area contributed by atoms with Gasteiger partial charge in [-0.05, 0) is 25.8 Å². The minimum Gasteiger partial charge on any atom is -0.295 e. The largest absolute Gasteiger partial charge is 0.295 e. The third-order valence-corrected chi connectivity index (χ3v) is 1.27. The first kappa shape index (κ1) is 9.15. The number of carbonyl (C=O) groups excluding carboxylic acids is 1. The van der Waals surface area contributed by atoms with Crippen LogP contribution in [0, 0.1) is 0 Å². The number of carbonyl (C=O) groups is 1. The summed E-state index contributed by atoms with van der Waals surface area (Å²) in [6.07, 6.45) is 6.79. The van der Waals surface area contributed by atoms with Gasteiger partial charge in [0, 0.05) is 0 Å². The quantitative estimate of drug-likeness (QED) is 0.432. The number of Topliss-reactive ketones (excluding diaryl/α,β-unsaturated/α-hetero) is 1. The molecule has 0 spiro atoms. The maximum atomic E-state index is 10.6. The Morgan fingerprint density at radius 1 is 1.40 bits per heavy atom. The number of rotatable bonds is 3. The molecule has 1 nitrogen and oxygen atoms in total. The molecular weight excluding hydrogens is 124 g/mol. The highest BCUT2D eigenvalue weighted by molar-refractivity contribution is 5.92. The van der Waals surface area contributed by atoms with E-state index >= 15 is 0 Å². The van der Waals surface area contributed by atoms with Crippen LogP contribution in [0.1, 0.15) is 27.2 Å². The Balaban J connectivity index is 3.92. The van der Waals surface area contributed by atoms with Gasteiger partial charge in [0.05, 0.1) is 0 Å². The van der Waals surface area contributed by atoms with E-state index < -0.39 is 0 Å². The van der Waals surface area contributed by atoms with Gasteiger partial charge in [-0.3, -0.25) is 4.79 Å². The Bertz CT molecular complexity index is 164. The second-order valence-electron chi connectivity index (χ2n) is 2.24. The Hall–Kier alpha value is -0.850. The summed E-state index contributed by atoms with van der Waals surface area (Å²) in [6.45, 7) is 5.46. The first-order valence-corrected chi connectivity index (χ1v) is 3.52. The fourth-order valence-electron chi connectivity index (χ4n) is 0.466. The molecule has 0 N–H and O–H groups in total. The average Bonchev–Trinajstić information content (AvgIpc) is 1.88. The molecule has 0 amide bonds. The van der Waals surface area contributed by atoms with Crippen LogP contribution in [0.4, 0.5) is 0 Å². The highest BCUT2D eigenvalue weighted by Crippen LogP contribution is 1.94. The molecule has 0 aromatic heterocycles. The maximum absolute atomic E-state index is 10.6. The van der Waals surface area contributed by atoms with Gasteiger partial charge in [0.2, 0.25) is 0 Å². The summed E-state index contributed by atoms with van der Waals surface area (Å²) in [6, 6.07) is 0. The molecule has 56 valence electrons. The number of allylic oxidation sites excluding steroid dienone is 4. The molecule has 0 saturated heterocycles. The molecule has 0 fully saturated rings. The summed E-state index contributed by atoms with van der Waals surface area (Å²) < 4.78 is 0. The van der Waals surface area contributed by atoms with Crippen LogP contribution < -0.4 is 0 Å². The normalized spacial score (nSPS) is 12.5. The SMILES string of the molecule is CC/C=C\C=C(\C)C(C)=O. The molecule has 0 rings (SSSR count). The topological polar surface area (TPSA) is 17.1 Å². The van der Waals surface area contributed by atoms with Gasteiger partial charge in [-0.2, -0.15) is 0 Å². The molecule has 0 aliphatic rings. The van der Waals surface area contributed by atoms with E-state index in [4.69, 9.17) is 0 Å². The van der Waals surface area contributed by atoms with Crippen molar-refractivity contribution in [3.63, 3.8) is 0 Å². The summed E-state index contributed by atoms with van der Waals surface area (Å²) >= 11 is 0. The van der Waals surface area contributed by atoms with E-state index in [2.05, 4.69) is 6.92 Å². The smallest absolute Gasteiger partial charge is 0.155 e. The second kappa shape index (κ2) is 4.98. The number of hydrogen-bond acceptors (Lipinski definition) is 1. The molecule has 0 aliphatic carbocycles. The van der Waals surface area contributed by atoms with Gasteiger partial charge >= 0.3 is 0 Å². The third kappa shape index (κ3) is 4.07. The minimum atomic E-state index is 0.140. The fourth-order valence-corrected chi connectivity index (χ4v) is 0.466. The van der Waals surface area contributed by atoms with Gasteiger partial charge in [0.25, 0.3) is 0 Å². The molecule has 0 aromatic carbocycles. The second-order valence-corrected chi connectivity index (χ2v) is 2.24. The van der Waals surface area contributed by atoms with Crippen molar-refractivity contribution in [3.05, 3.63) is 23.8 Å². The van der Waals surface area contributed by atoms with E-state index in [0.29, 0.717) is 0 Å². The highest BCUT2D eigenvalue weighted by atomic mass is 16.1. The lowest BCUT2D eigenvalue weighted by atomic mass is 10.2. The Morgan fingerprint density at radius 2 is 2.00 bits per heavy atom. The number of hydrogen-bond donors (Lipinski definition) is 0. The zero-order valence-electron chi connectivity index (χ0n) is 6.85. The first-order valence-electron chi connectivity index (χ1n) is 3.52. The van der Waals surface area contributed by atoms with E-state index in [-0.39, 0.29) is 5.78 Å². The Labute approximate surface area is 62.4 Å². The van der Waals surface area contributed by atoms with Gasteiger partial charge in [0.1, 0.15) is 0 Å². The third-order valence-electron chi connectivity index (χ3n) is 1.27. The molecule has 0 heterocycles. The molecule has 0 aromatic rings. The van der Waals surface area contributed by atoms with Crippen molar-refractivity contribution in [2.24, 2.45) is 0 Å². The van der Waals surface area contributed by atoms with Gasteiger partial charge in [-0.1, -0.05) is 25.2 Å². The Morgan fingerprint density at radius 3 is 2.40 bits per heavy atom. The lowest BCUT2D eigenvalue weighted by Crippen LogP contribution is -1.89. The lowest BCUT2D eigenvalue weighted by Gasteiger charge is -1.87. The van der Waals surface area contributed by atoms with E-state index in [0.717, 1.165) is 12.0 Å². The molecule has 0 atom stereocenters. The van der Waals surface area contributed by atoms with Crippen molar-refractivity contribution in [1.82, 2.24) is 0 Å². The van der Waals surface area contributed by atoms with Crippen LogP contribution in [0.25, 0.3) is 0 Å². The van der Waals surface area contributed by atoms with Crippen LogP contribution in [0.2, 0.25) is 0 Å². The molecule has 1 heteroatoms. The van der Waals surface area contributed by atoms with Crippen LogP contribution in [-0.4, -0.2) is 5.78 Å². The van der Waals surface area contributed by atoms with Crippen LogP contribution in [-0.2, 0) is 4.79 Å². The van der Waals surface area contributed by atoms with Crippen LogP contribution in [0.5, 0.6) is 0 Å². The van der Waals surface area contributed by atoms with Crippen molar-refractivity contribution in [2.75, 3.05) is 0 Å². The molecule has 0 aliphatic heterocycles. The predicted octanol–water partition coefficient (Wildman–Crippen LogP) is 2.49. The molecular formula is C9H14O. The van der Waals surface area contributed by atoms with Gasteiger partial charge in [0.15, 0.2) is 5.78 Å². The fraction of sp³-hybridized carbons (Fsp3) is 0.444. The summed E-state index contributed by atoms with van der Waals surface area (Å²) in [7, 11) is 0. The van der Waals surface area contributed by atoms with Crippen molar-refractivity contribution in [2.45, 2.75) is 27.2 Å². The molecule has 0 radical (unpaired) electrons. The molecule has 0 unspecified atom stereocenters. The van der Waals surface area contributed by atoms with Crippen LogP contribution in [0.3, 0.4) is 0 Å². The highest BCUT2D eigenvalue weighted by Gasteiger charge is 1.90. The maximum Gasteiger partial charge on any atom is 0.155 e. The van der Waals surface area contributed by atoms with Gasteiger partial charge in [-0.25, -0.2) is 0 Å². The summed E-state index contributed by atoms with van der Waals surface area (Å²) in [5.41, 5.74) is 0.810. The standard InChI is InChI=1S/C9H14O/c1-4-5-6-7-8(2)9(3)10/h5-7H,4H2,1-3H3/b6-5-,8-7-. The van der Waals surface area contributed by atoms with Crippen LogP contribution >= 0.6 is 0 Å². The van der Waals surface area contributed by atoms with Crippen molar-refractivity contribution in [3.8, 4) is 0 Å². The first-order chi connectivity index (χ1) is 4.68. The summed E-state index contributed by atoms with van der Waals surface area (Å²) in [4.78, 5) is 10.6. The average molecular weight is 138 g/mol. The zero-order chi connectivity index (χ0) is 7.98. The van der Waals surface area contributed by atoms with Gasteiger partial charge in [-0.15, -0.1) is 0 Å². The monoisotopic (exact) mass is 138 g/mol. The van der Waals surface area contributed by atoms with E-state index in [1.165, 1.54) is 0 Å². The predicted molar refractivity (Wildman–Crippen MR) is 43.9 cm³/mol. The van der Waals surface area contributed by atoms with Crippen LogP contribution in [0.15, 0.2) is 23.8 Å². The van der Waals surface area contributed by atoms with Crippen molar-refractivity contribution in [1.29, 1.82) is 0 Å². The summed E-state index contributed by atoms with van der Waals surface area (Å²) in [5, 5.41) is 0. The zero-order valence-corrected chi connectivity index (χ0v) is 6.85. The Kier molecular flexibility index (Phi) is 4.55. The minimum absolute atomic E-state index is 0.140. The van der Waals surface area contributed by atoms with E-state index in [1.54, 1.807) is 6.92 Å². The summed E-state index contributed by atoms with van der Waals surface area (Å²) in [5.74, 6) is 0.140. The van der Waals surface area contributed by atoms with Gasteiger partial charge < -0.3 is 0 Å².